The highest BCUT2D eigenvalue weighted by Crippen LogP contribution is 2.23. The number of para-hydroxylation sites is 1. The zero-order valence-electron chi connectivity index (χ0n) is 12.8. The van der Waals surface area contributed by atoms with Crippen molar-refractivity contribution in [1.82, 2.24) is 0 Å². The summed E-state index contributed by atoms with van der Waals surface area (Å²) in [5.41, 5.74) is 1.92. The predicted molar refractivity (Wildman–Crippen MR) is 92.9 cm³/mol. The maximum Gasteiger partial charge on any atom is 0.243 e. The first-order chi connectivity index (χ1) is 10.8. The van der Waals surface area contributed by atoms with Crippen LogP contribution < -0.4 is 10.6 Å². The number of nitrogens with one attached hydrogen (secondary N) is 2. The lowest BCUT2D eigenvalue weighted by molar-refractivity contribution is -0.114. The molecule has 0 bridgehead atoms. The summed E-state index contributed by atoms with van der Waals surface area (Å²) in [5.74, 6) is -0.363. The predicted octanol–water partition coefficient (Wildman–Crippen LogP) is 3.10. The van der Waals surface area contributed by atoms with Gasteiger partial charge < -0.3 is 10.6 Å². The first-order valence-corrected chi connectivity index (χ1v) is 9.13. The third-order valence-corrected chi connectivity index (χ3v) is 4.59. The zero-order valence-corrected chi connectivity index (χ0v) is 14.3. The van der Waals surface area contributed by atoms with Crippen molar-refractivity contribution in [3.05, 3.63) is 53.1 Å². The van der Waals surface area contributed by atoms with Crippen LogP contribution in [-0.4, -0.2) is 27.1 Å². The summed E-state index contributed by atoms with van der Waals surface area (Å²) >= 11 is 6.08. The van der Waals surface area contributed by atoms with E-state index in [2.05, 4.69) is 10.6 Å². The molecule has 0 fully saturated rings. The fourth-order valence-electron chi connectivity index (χ4n) is 2.03. The van der Waals surface area contributed by atoms with Gasteiger partial charge in [-0.1, -0.05) is 29.8 Å². The molecule has 0 saturated heterocycles. The maximum absolute atomic E-state index is 12.0. The molecule has 0 spiro atoms. The van der Waals surface area contributed by atoms with Gasteiger partial charge in [0, 0.05) is 6.26 Å². The maximum atomic E-state index is 12.0. The Kier molecular flexibility index (Phi) is 5.28. The van der Waals surface area contributed by atoms with Crippen LogP contribution in [0.1, 0.15) is 5.56 Å². The standard InChI is InChI=1S/C16H17ClN2O3S/c1-11-7-8-13(12(17)9-11)18-10-16(20)19-14-5-3-4-6-15(14)23(2,21)22/h3-9,18H,10H2,1-2H3,(H,19,20). The van der Waals surface area contributed by atoms with E-state index in [9.17, 15) is 13.2 Å². The molecule has 0 aliphatic rings. The minimum absolute atomic E-state index is 0.0269. The van der Waals surface area contributed by atoms with Crippen molar-refractivity contribution < 1.29 is 13.2 Å². The number of carbonyl (C=O) groups excluding carboxylic acids is 1. The number of hydrogen-bond acceptors (Lipinski definition) is 4. The van der Waals surface area contributed by atoms with Crippen molar-refractivity contribution in [2.45, 2.75) is 11.8 Å². The number of anilines is 2. The van der Waals surface area contributed by atoms with Crippen molar-refractivity contribution in [2.75, 3.05) is 23.4 Å². The van der Waals surface area contributed by atoms with Crippen LogP contribution in [0.2, 0.25) is 5.02 Å². The lowest BCUT2D eigenvalue weighted by Gasteiger charge is -2.11. The molecule has 2 aromatic carbocycles. The Morgan fingerprint density at radius 3 is 2.48 bits per heavy atom. The smallest absolute Gasteiger partial charge is 0.243 e. The number of amides is 1. The summed E-state index contributed by atoms with van der Waals surface area (Å²) in [6.07, 6.45) is 1.10. The van der Waals surface area contributed by atoms with Gasteiger partial charge in [0.05, 0.1) is 27.8 Å². The molecule has 1 amide bonds. The second kappa shape index (κ2) is 7.02. The number of halogens is 1. The van der Waals surface area contributed by atoms with Gasteiger partial charge in [-0.3, -0.25) is 4.79 Å². The molecule has 122 valence electrons. The summed E-state index contributed by atoms with van der Waals surface area (Å²) in [7, 11) is -3.41. The van der Waals surface area contributed by atoms with Gasteiger partial charge >= 0.3 is 0 Å². The third-order valence-electron chi connectivity index (χ3n) is 3.12. The molecule has 0 heterocycles. The average Bonchev–Trinajstić information content (AvgIpc) is 2.46. The SMILES string of the molecule is Cc1ccc(NCC(=O)Nc2ccccc2S(C)(=O)=O)c(Cl)c1. The molecule has 0 saturated carbocycles. The lowest BCUT2D eigenvalue weighted by atomic mass is 10.2. The lowest BCUT2D eigenvalue weighted by Crippen LogP contribution is -2.22. The summed E-state index contributed by atoms with van der Waals surface area (Å²) in [5, 5.41) is 6.04. The highest BCUT2D eigenvalue weighted by atomic mass is 35.5. The fourth-order valence-corrected chi connectivity index (χ4v) is 3.17. The van der Waals surface area contributed by atoms with Gasteiger partial charge in [0.25, 0.3) is 0 Å². The number of rotatable bonds is 5. The summed E-state index contributed by atoms with van der Waals surface area (Å²) in [6, 6.07) is 11.7. The largest absolute Gasteiger partial charge is 0.375 e. The summed E-state index contributed by atoms with van der Waals surface area (Å²) in [6.45, 7) is 1.89. The highest BCUT2D eigenvalue weighted by molar-refractivity contribution is 7.90. The number of aryl methyl sites for hydroxylation is 1. The molecule has 2 aromatic rings. The van der Waals surface area contributed by atoms with Crippen LogP contribution in [0.3, 0.4) is 0 Å². The van der Waals surface area contributed by atoms with E-state index in [-0.39, 0.29) is 23.0 Å². The van der Waals surface area contributed by atoms with Crippen LogP contribution in [-0.2, 0) is 14.6 Å². The topological polar surface area (TPSA) is 75.3 Å². The second-order valence-corrected chi connectivity index (χ2v) is 7.54. The number of benzene rings is 2. The molecular weight excluding hydrogens is 336 g/mol. The third kappa shape index (κ3) is 4.71. The summed E-state index contributed by atoms with van der Waals surface area (Å²) < 4.78 is 23.4. The molecule has 0 aliphatic carbocycles. The Balaban J connectivity index is 2.06. The quantitative estimate of drug-likeness (QED) is 0.867. The first-order valence-electron chi connectivity index (χ1n) is 6.86. The number of sulfone groups is 1. The normalized spacial score (nSPS) is 11.1. The fraction of sp³-hybridized carbons (Fsp3) is 0.188. The molecule has 0 aromatic heterocycles. The van der Waals surface area contributed by atoms with E-state index in [4.69, 9.17) is 11.6 Å². The molecule has 0 atom stereocenters. The molecule has 2 rings (SSSR count). The van der Waals surface area contributed by atoms with Crippen molar-refractivity contribution in [2.24, 2.45) is 0 Å². The van der Waals surface area contributed by atoms with Crippen molar-refractivity contribution in [3.8, 4) is 0 Å². The Hall–Kier alpha value is -2.05. The monoisotopic (exact) mass is 352 g/mol. The van der Waals surface area contributed by atoms with Gasteiger partial charge in [-0.05, 0) is 36.8 Å². The minimum Gasteiger partial charge on any atom is -0.375 e. The molecule has 5 nitrogen and oxygen atoms in total. The van der Waals surface area contributed by atoms with Crippen LogP contribution in [0.5, 0.6) is 0 Å². The molecule has 2 N–H and O–H groups in total. The van der Waals surface area contributed by atoms with Crippen LogP contribution in [0.4, 0.5) is 11.4 Å². The Morgan fingerprint density at radius 2 is 1.83 bits per heavy atom. The average molecular weight is 353 g/mol. The van der Waals surface area contributed by atoms with Gasteiger partial charge in [-0.15, -0.1) is 0 Å². The van der Waals surface area contributed by atoms with Crippen molar-refractivity contribution in [1.29, 1.82) is 0 Å². The number of carbonyl (C=O) groups is 1. The van der Waals surface area contributed by atoms with Crippen LogP contribution >= 0.6 is 11.6 Å². The molecule has 23 heavy (non-hydrogen) atoms. The van der Waals surface area contributed by atoms with Crippen LogP contribution in [0.15, 0.2) is 47.4 Å². The Morgan fingerprint density at radius 1 is 1.13 bits per heavy atom. The van der Waals surface area contributed by atoms with Crippen molar-refractivity contribution in [3.63, 3.8) is 0 Å². The Labute approximate surface area is 140 Å². The van der Waals surface area contributed by atoms with Crippen molar-refractivity contribution >= 4 is 38.7 Å². The number of hydrogen-bond donors (Lipinski definition) is 2. The zero-order chi connectivity index (χ0) is 17.0. The van der Waals surface area contributed by atoms with Gasteiger partial charge in [0.2, 0.25) is 5.91 Å². The van der Waals surface area contributed by atoms with Gasteiger partial charge in [0.15, 0.2) is 9.84 Å². The van der Waals surface area contributed by atoms with E-state index in [1.165, 1.54) is 6.07 Å². The van der Waals surface area contributed by atoms with Crippen LogP contribution in [0, 0.1) is 6.92 Å². The van der Waals surface area contributed by atoms with E-state index < -0.39 is 9.84 Å². The van der Waals surface area contributed by atoms with Gasteiger partial charge in [0.1, 0.15) is 0 Å². The van der Waals surface area contributed by atoms with Gasteiger partial charge in [-0.25, -0.2) is 8.42 Å². The van der Waals surface area contributed by atoms with E-state index in [1.807, 2.05) is 13.0 Å². The molecule has 0 radical (unpaired) electrons. The first kappa shape index (κ1) is 17.3. The van der Waals surface area contributed by atoms with Crippen LogP contribution in [0.25, 0.3) is 0 Å². The van der Waals surface area contributed by atoms with Gasteiger partial charge in [-0.2, -0.15) is 0 Å². The van der Waals surface area contributed by atoms with E-state index in [1.54, 1.807) is 30.3 Å². The molecule has 0 aliphatic heterocycles. The molecule has 0 unspecified atom stereocenters. The summed E-state index contributed by atoms with van der Waals surface area (Å²) in [4.78, 5) is 12.1. The highest BCUT2D eigenvalue weighted by Gasteiger charge is 2.14. The van der Waals surface area contributed by atoms with E-state index >= 15 is 0 Å². The Bertz CT molecular complexity index is 835. The molecular formula is C16H17ClN2O3S. The van der Waals surface area contributed by atoms with E-state index in [0.717, 1.165) is 11.8 Å². The van der Waals surface area contributed by atoms with E-state index in [0.29, 0.717) is 10.7 Å². The minimum atomic E-state index is -3.41. The second-order valence-electron chi connectivity index (χ2n) is 5.15. The molecule has 7 heteroatoms.